The lowest BCUT2D eigenvalue weighted by Crippen LogP contribution is -2.44. The fraction of sp³-hybridized carbons (Fsp3) is 0.611. The molecular weight excluding hydrogens is 392 g/mol. The van der Waals surface area contributed by atoms with E-state index in [1.807, 2.05) is 30.0 Å². The van der Waals surface area contributed by atoms with Gasteiger partial charge in [0.2, 0.25) is 5.91 Å². The van der Waals surface area contributed by atoms with Gasteiger partial charge in [-0.25, -0.2) is 0 Å². The fourth-order valence-electron chi connectivity index (χ4n) is 3.58. The Labute approximate surface area is 158 Å². The minimum Gasteiger partial charge on any atom is -0.492 e. The van der Waals surface area contributed by atoms with E-state index in [2.05, 4.69) is 21.2 Å². The van der Waals surface area contributed by atoms with E-state index in [1.165, 1.54) is 12.0 Å². The van der Waals surface area contributed by atoms with Crippen LogP contribution in [0.2, 0.25) is 0 Å². The summed E-state index contributed by atoms with van der Waals surface area (Å²) in [6, 6.07) is 5.99. The third-order valence-electron chi connectivity index (χ3n) is 5.17. The molecule has 1 N–H and O–H groups in total. The van der Waals surface area contributed by atoms with Crippen molar-refractivity contribution in [3.05, 3.63) is 28.2 Å². The largest absolute Gasteiger partial charge is 0.492 e. The van der Waals surface area contributed by atoms with Crippen LogP contribution < -0.4 is 10.1 Å². The van der Waals surface area contributed by atoms with Crippen molar-refractivity contribution in [2.45, 2.75) is 32.6 Å². The minimum absolute atomic E-state index is 0. The SMILES string of the molecule is Cc1ccc(OCCC(=O)N2CCC3(CCNC3)CC2)c(Br)c1.Cl. The first-order valence-electron chi connectivity index (χ1n) is 8.45. The second-order valence-corrected chi connectivity index (χ2v) is 7.69. The molecule has 2 aliphatic rings. The lowest BCUT2D eigenvalue weighted by atomic mass is 9.78. The minimum atomic E-state index is 0. The smallest absolute Gasteiger partial charge is 0.225 e. The number of amides is 1. The summed E-state index contributed by atoms with van der Waals surface area (Å²) in [5, 5.41) is 3.46. The number of carbonyl (C=O) groups excluding carboxylic acids is 1. The lowest BCUT2D eigenvalue weighted by Gasteiger charge is -2.38. The van der Waals surface area contributed by atoms with Gasteiger partial charge in [-0.1, -0.05) is 6.07 Å². The zero-order chi connectivity index (χ0) is 16.3. The molecule has 1 spiro atoms. The Balaban J connectivity index is 0.00000208. The topological polar surface area (TPSA) is 41.6 Å². The highest BCUT2D eigenvalue weighted by Crippen LogP contribution is 2.37. The highest BCUT2D eigenvalue weighted by molar-refractivity contribution is 9.10. The average Bonchev–Trinajstić information content (AvgIpc) is 2.98. The average molecular weight is 418 g/mol. The molecule has 2 saturated heterocycles. The first-order chi connectivity index (χ1) is 11.1. The van der Waals surface area contributed by atoms with Gasteiger partial charge in [-0.2, -0.15) is 0 Å². The predicted molar refractivity (Wildman–Crippen MR) is 102 cm³/mol. The van der Waals surface area contributed by atoms with Gasteiger partial charge in [0, 0.05) is 19.6 Å². The van der Waals surface area contributed by atoms with Crippen LogP contribution in [0, 0.1) is 12.3 Å². The number of hydrogen-bond donors (Lipinski definition) is 1. The molecule has 0 atom stereocenters. The van der Waals surface area contributed by atoms with Crippen molar-refractivity contribution in [1.82, 2.24) is 10.2 Å². The Morgan fingerprint density at radius 2 is 2.08 bits per heavy atom. The summed E-state index contributed by atoms with van der Waals surface area (Å²) in [5.74, 6) is 1.02. The van der Waals surface area contributed by atoms with Gasteiger partial charge in [-0.05, 0) is 71.8 Å². The van der Waals surface area contributed by atoms with E-state index in [9.17, 15) is 4.79 Å². The zero-order valence-electron chi connectivity index (χ0n) is 14.1. The van der Waals surface area contributed by atoms with Crippen molar-refractivity contribution < 1.29 is 9.53 Å². The fourth-order valence-corrected chi connectivity index (χ4v) is 4.19. The third-order valence-corrected chi connectivity index (χ3v) is 5.79. The van der Waals surface area contributed by atoms with E-state index in [0.717, 1.165) is 49.2 Å². The standard InChI is InChI=1S/C18H25BrN2O2.ClH/c1-14-2-3-16(15(19)12-14)23-11-4-17(22)21-9-6-18(7-10-21)5-8-20-13-18;/h2-3,12,20H,4-11,13H2,1H3;1H. The van der Waals surface area contributed by atoms with Gasteiger partial charge in [0.25, 0.3) is 0 Å². The van der Waals surface area contributed by atoms with Crippen LogP contribution in [0.5, 0.6) is 5.75 Å². The molecule has 24 heavy (non-hydrogen) atoms. The number of nitrogens with one attached hydrogen (secondary N) is 1. The van der Waals surface area contributed by atoms with Crippen molar-refractivity contribution in [3.8, 4) is 5.75 Å². The van der Waals surface area contributed by atoms with E-state index in [-0.39, 0.29) is 18.3 Å². The number of piperidine rings is 1. The van der Waals surface area contributed by atoms with Crippen LogP contribution >= 0.6 is 28.3 Å². The molecule has 3 rings (SSSR count). The van der Waals surface area contributed by atoms with Gasteiger partial charge in [0.15, 0.2) is 0 Å². The molecule has 4 nitrogen and oxygen atoms in total. The van der Waals surface area contributed by atoms with Crippen LogP contribution in [0.4, 0.5) is 0 Å². The van der Waals surface area contributed by atoms with E-state index < -0.39 is 0 Å². The number of rotatable bonds is 4. The number of ether oxygens (including phenoxy) is 1. The normalized spacial score (nSPS) is 19.2. The number of carbonyl (C=O) groups is 1. The maximum absolute atomic E-state index is 12.3. The van der Waals surface area contributed by atoms with Crippen LogP contribution in [0.1, 0.15) is 31.2 Å². The van der Waals surface area contributed by atoms with Gasteiger partial charge in [-0.15, -0.1) is 12.4 Å². The molecule has 0 radical (unpaired) electrons. The number of halogens is 2. The van der Waals surface area contributed by atoms with E-state index >= 15 is 0 Å². The molecule has 2 fully saturated rings. The van der Waals surface area contributed by atoms with Crippen LogP contribution in [0.25, 0.3) is 0 Å². The zero-order valence-corrected chi connectivity index (χ0v) is 16.5. The second-order valence-electron chi connectivity index (χ2n) is 6.84. The third kappa shape index (κ3) is 4.64. The van der Waals surface area contributed by atoms with Gasteiger partial charge in [-0.3, -0.25) is 4.79 Å². The van der Waals surface area contributed by atoms with Crippen molar-refractivity contribution in [1.29, 1.82) is 0 Å². The maximum Gasteiger partial charge on any atom is 0.225 e. The molecule has 1 aromatic rings. The summed E-state index contributed by atoms with van der Waals surface area (Å²) in [6.45, 7) is 6.53. The highest BCUT2D eigenvalue weighted by atomic mass is 79.9. The number of hydrogen-bond acceptors (Lipinski definition) is 3. The Hall–Kier alpha value is -0.780. The number of likely N-dealkylation sites (tertiary alicyclic amines) is 1. The molecule has 0 aromatic heterocycles. The first-order valence-corrected chi connectivity index (χ1v) is 9.25. The molecular formula is C18H26BrClN2O2. The summed E-state index contributed by atoms with van der Waals surface area (Å²) in [7, 11) is 0. The Morgan fingerprint density at radius 1 is 1.33 bits per heavy atom. The summed E-state index contributed by atoms with van der Waals surface area (Å²) >= 11 is 3.50. The first kappa shape index (κ1) is 19.5. The number of benzene rings is 1. The van der Waals surface area contributed by atoms with Gasteiger partial charge in [0.05, 0.1) is 17.5 Å². The summed E-state index contributed by atoms with van der Waals surface area (Å²) in [5.41, 5.74) is 1.64. The molecule has 0 bridgehead atoms. The molecule has 2 heterocycles. The van der Waals surface area contributed by atoms with Crippen LogP contribution in [-0.4, -0.2) is 43.6 Å². The van der Waals surface area contributed by atoms with Gasteiger partial charge < -0.3 is 15.0 Å². The molecule has 134 valence electrons. The maximum atomic E-state index is 12.3. The van der Waals surface area contributed by atoms with Crippen LogP contribution in [0.15, 0.2) is 22.7 Å². The molecule has 1 amide bonds. The quantitative estimate of drug-likeness (QED) is 0.814. The molecule has 0 aliphatic carbocycles. The Kier molecular flexibility index (Phi) is 6.96. The van der Waals surface area contributed by atoms with Crippen LogP contribution in [0.3, 0.4) is 0 Å². The monoisotopic (exact) mass is 416 g/mol. The van der Waals surface area contributed by atoms with Crippen molar-refractivity contribution in [2.24, 2.45) is 5.41 Å². The van der Waals surface area contributed by atoms with E-state index in [1.54, 1.807) is 0 Å². The molecule has 0 unspecified atom stereocenters. The van der Waals surface area contributed by atoms with Gasteiger partial charge >= 0.3 is 0 Å². The van der Waals surface area contributed by atoms with Gasteiger partial charge in [0.1, 0.15) is 5.75 Å². The summed E-state index contributed by atoms with van der Waals surface area (Å²) < 4.78 is 6.69. The summed E-state index contributed by atoms with van der Waals surface area (Å²) in [6.07, 6.45) is 3.98. The van der Waals surface area contributed by atoms with Crippen LogP contribution in [-0.2, 0) is 4.79 Å². The predicted octanol–water partition coefficient (Wildman–Crippen LogP) is 3.55. The molecule has 0 saturated carbocycles. The van der Waals surface area contributed by atoms with E-state index in [4.69, 9.17) is 4.74 Å². The molecule has 2 aliphatic heterocycles. The lowest BCUT2D eigenvalue weighted by molar-refractivity contribution is -0.133. The Morgan fingerprint density at radius 3 is 2.71 bits per heavy atom. The van der Waals surface area contributed by atoms with Crippen molar-refractivity contribution >= 4 is 34.2 Å². The number of aryl methyl sites for hydroxylation is 1. The second kappa shape index (κ2) is 8.54. The molecule has 6 heteroatoms. The van der Waals surface area contributed by atoms with Crippen molar-refractivity contribution in [3.63, 3.8) is 0 Å². The van der Waals surface area contributed by atoms with E-state index in [0.29, 0.717) is 18.4 Å². The highest BCUT2D eigenvalue weighted by Gasteiger charge is 2.37. The summed E-state index contributed by atoms with van der Waals surface area (Å²) in [4.78, 5) is 14.4. The number of nitrogens with zero attached hydrogens (tertiary/aromatic N) is 1. The molecule has 1 aromatic carbocycles. The van der Waals surface area contributed by atoms with Crippen molar-refractivity contribution in [2.75, 3.05) is 32.8 Å². The Bertz CT molecular complexity index is 566.